The number of anilines is 1. The fraction of sp³-hybridized carbons (Fsp3) is 0.500. The Hall–Kier alpha value is -2.67. The van der Waals surface area contributed by atoms with Crippen LogP contribution in [0.15, 0.2) is 29.2 Å². The van der Waals surface area contributed by atoms with E-state index in [1.807, 2.05) is 6.07 Å². The highest BCUT2D eigenvalue weighted by atomic mass is 32.2. The van der Waals surface area contributed by atoms with Crippen molar-refractivity contribution in [2.75, 3.05) is 63.6 Å². The van der Waals surface area contributed by atoms with Crippen molar-refractivity contribution in [3.05, 3.63) is 30.5 Å². The van der Waals surface area contributed by atoms with Crippen molar-refractivity contribution in [1.29, 1.82) is 0 Å². The third-order valence-corrected chi connectivity index (χ3v) is 7.02. The molecule has 0 amide bonds. The lowest BCUT2D eigenvalue weighted by atomic mass is 10.3. The number of hydrogen-bond acceptors (Lipinski definition) is 10. The molecule has 0 N–H and O–H groups in total. The van der Waals surface area contributed by atoms with E-state index in [2.05, 4.69) is 19.8 Å². The first kappa shape index (κ1) is 21.2. The van der Waals surface area contributed by atoms with Crippen molar-refractivity contribution >= 4 is 26.9 Å². The molecule has 0 unspecified atom stereocenters. The summed E-state index contributed by atoms with van der Waals surface area (Å²) in [6.07, 6.45) is 6.12. The van der Waals surface area contributed by atoms with Gasteiger partial charge in [0.05, 0.1) is 31.6 Å². The van der Waals surface area contributed by atoms with E-state index in [1.165, 1.54) is 16.9 Å². The Morgan fingerprint density at radius 1 is 1.00 bits per heavy atom. The predicted octanol–water partition coefficient (Wildman–Crippen LogP) is 0.594. The summed E-state index contributed by atoms with van der Waals surface area (Å²) in [4.78, 5) is 22.0. The number of hydrogen-bond donors (Lipinski definition) is 0. The number of ether oxygens (including phenoxy) is 1. The highest BCUT2D eigenvalue weighted by Crippen LogP contribution is 2.31. The molecule has 5 heterocycles. The molecule has 2 fully saturated rings. The van der Waals surface area contributed by atoms with Gasteiger partial charge in [-0.3, -0.25) is 4.90 Å². The zero-order valence-electron chi connectivity index (χ0n) is 17.8. The largest absolute Gasteiger partial charge is 0.454 e. The molecule has 3 aromatic rings. The maximum absolute atomic E-state index is 11.8. The average Bonchev–Trinajstić information content (AvgIpc) is 3.21. The van der Waals surface area contributed by atoms with E-state index in [0.717, 1.165) is 35.7 Å². The van der Waals surface area contributed by atoms with Gasteiger partial charge in [-0.1, -0.05) is 0 Å². The van der Waals surface area contributed by atoms with Gasteiger partial charge in [0.15, 0.2) is 17.2 Å². The second kappa shape index (κ2) is 8.70. The highest BCUT2D eigenvalue weighted by molar-refractivity contribution is 7.88. The Labute approximate surface area is 186 Å². The number of morpholine rings is 1. The van der Waals surface area contributed by atoms with Gasteiger partial charge in [-0.25, -0.2) is 28.4 Å². The Bertz CT molecular complexity index is 1190. The molecular weight excluding hydrogens is 434 g/mol. The summed E-state index contributed by atoms with van der Waals surface area (Å²) in [5, 5.41) is 0. The Morgan fingerprint density at radius 2 is 1.72 bits per heavy atom. The molecule has 170 valence electrons. The van der Waals surface area contributed by atoms with E-state index >= 15 is 0 Å². The summed E-state index contributed by atoms with van der Waals surface area (Å²) in [6.45, 7) is 5.56. The van der Waals surface area contributed by atoms with Crippen LogP contribution in [-0.4, -0.2) is 96.3 Å². The van der Waals surface area contributed by atoms with E-state index in [1.54, 1.807) is 12.4 Å². The summed E-state index contributed by atoms with van der Waals surface area (Å²) in [5.41, 5.74) is 2.12. The smallest absolute Gasteiger partial charge is 0.211 e. The van der Waals surface area contributed by atoms with Crippen molar-refractivity contribution in [2.24, 2.45) is 0 Å². The molecule has 0 aliphatic carbocycles. The highest BCUT2D eigenvalue weighted by Gasteiger charge is 2.25. The zero-order chi connectivity index (χ0) is 22.1. The molecule has 32 heavy (non-hydrogen) atoms. The van der Waals surface area contributed by atoms with Crippen molar-refractivity contribution < 1.29 is 17.6 Å². The van der Waals surface area contributed by atoms with Gasteiger partial charge in [-0.2, -0.15) is 4.31 Å². The molecule has 2 saturated heterocycles. The molecule has 12 heteroatoms. The van der Waals surface area contributed by atoms with E-state index in [-0.39, 0.29) is 0 Å². The van der Waals surface area contributed by atoms with Crippen molar-refractivity contribution in [2.45, 2.75) is 6.54 Å². The molecule has 0 aromatic carbocycles. The molecule has 11 nitrogen and oxygen atoms in total. The van der Waals surface area contributed by atoms with Gasteiger partial charge in [0, 0.05) is 57.7 Å². The molecule has 0 saturated carbocycles. The van der Waals surface area contributed by atoms with Crippen molar-refractivity contribution in [1.82, 2.24) is 29.1 Å². The molecule has 0 spiro atoms. The molecular formula is C20H25N7O4S. The summed E-state index contributed by atoms with van der Waals surface area (Å²) in [6, 6.07) is 1.94. The van der Waals surface area contributed by atoms with Crippen LogP contribution in [0, 0.1) is 0 Å². The SMILES string of the molecule is CS(=O)(=O)N1CCN(Cc2cc3nc(-c4cncnc4)nc(N4CCOCC4)c3o2)CC1. The lowest BCUT2D eigenvalue weighted by molar-refractivity contribution is 0.122. The minimum Gasteiger partial charge on any atom is -0.454 e. The maximum atomic E-state index is 11.8. The molecule has 0 bridgehead atoms. The Balaban J connectivity index is 1.44. The topological polar surface area (TPSA) is 118 Å². The Morgan fingerprint density at radius 3 is 2.41 bits per heavy atom. The number of rotatable bonds is 5. The number of sulfonamides is 1. The fourth-order valence-electron chi connectivity index (χ4n) is 4.02. The summed E-state index contributed by atoms with van der Waals surface area (Å²) >= 11 is 0. The summed E-state index contributed by atoms with van der Waals surface area (Å²) in [7, 11) is -3.15. The first-order chi connectivity index (χ1) is 15.5. The van der Waals surface area contributed by atoms with Crippen LogP contribution in [0.1, 0.15) is 5.76 Å². The molecule has 2 aliphatic rings. The van der Waals surface area contributed by atoms with Crippen LogP contribution in [-0.2, 0) is 21.3 Å². The fourth-order valence-corrected chi connectivity index (χ4v) is 4.84. The van der Waals surface area contributed by atoms with Crippen LogP contribution >= 0.6 is 0 Å². The number of nitrogens with zero attached hydrogens (tertiary/aromatic N) is 7. The average molecular weight is 460 g/mol. The van der Waals surface area contributed by atoms with Gasteiger partial charge in [-0.15, -0.1) is 0 Å². The lowest BCUT2D eigenvalue weighted by Crippen LogP contribution is -2.47. The van der Waals surface area contributed by atoms with Crippen LogP contribution in [0.3, 0.4) is 0 Å². The monoisotopic (exact) mass is 459 g/mol. The van der Waals surface area contributed by atoms with Gasteiger partial charge in [0.25, 0.3) is 0 Å². The standard InChI is InChI=1S/C20H25N7O4S/c1-32(28,29)27-4-2-25(3-5-27)13-16-10-17-18(31-16)20(26-6-8-30-9-7-26)24-19(23-17)15-11-21-14-22-12-15/h10-12,14H,2-9,13H2,1H3. The van der Waals surface area contributed by atoms with E-state index < -0.39 is 10.0 Å². The van der Waals surface area contributed by atoms with E-state index in [0.29, 0.717) is 57.3 Å². The minimum atomic E-state index is -3.15. The second-order valence-electron chi connectivity index (χ2n) is 7.96. The number of furan rings is 1. The quantitative estimate of drug-likeness (QED) is 0.536. The molecule has 3 aromatic heterocycles. The zero-order valence-corrected chi connectivity index (χ0v) is 18.7. The van der Waals surface area contributed by atoms with Crippen LogP contribution in [0.4, 0.5) is 5.82 Å². The molecule has 5 rings (SSSR count). The van der Waals surface area contributed by atoms with Crippen molar-refractivity contribution in [3.8, 4) is 11.4 Å². The normalized spacial score (nSPS) is 19.0. The van der Waals surface area contributed by atoms with E-state index in [4.69, 9.17) is 19.1 Å². The predicted molar refractivity (Wildman–Crippen MR) is 118 cm³/mol. The second-order valence-corrected chi connectivity index (χ2v) is 9.95. The summed E-state index contributed by atoms with van der Waals surface area (Å²) in [5.74, 6) is 2.07. The third-order valence-electron chi connectivity index (χ3n) is 5.71. The van der Waals surface area contributed by atoms with Gasteiger partial charge in [0.1, 0.15) is 17.6 Å². The lowest BCUT2D eigenvalue weighted by Gasteiger charge is -2.32. The molecule has 0 atom stereocenters. The van der Waals surface area contributed by atoms with E-state index in [9.17, 15) is 8.42 Å². The first-order valence-corrected chi connectivity index (χ1v) is 12.4. The van der Waals surface area contributed by atoms with Gasteiger partial charge in [0.2, 0.25) is 10.0 Å². The maximum Gasteiger partial charge on any atom is 0.211 e. The van der Waals surface area contributed by atoms with Crippen molar-refractivity contribution in [3.63, 3.8) is 0 Å². The van der Waals surface area contributed by atoms with Gasteiger partial charge in [-0.05, 0) is 0 Å². The minimum absolute atomic E-state index is 0.482. The van der Waals surface area contributed by atoms with Gasteiger partial charge >= 0.3 is 0 Å². The first-order valence-electron chi connectivity index (χ1n) is 10.5. The molecule has 0 radical (unpaired) electrons. The van der Waals surface area contributed by atoms with Gasteiger partial charge < -0.3 is 14.1 Å². The Kier molecular flexibility index (Phi) is 5.76. The molecule has 2 aliphatic heterocycles. The third kappa shape index (κ3) is 4.44. The van der Waals surface area contributed by atoms with Crippen LogP contribution < -0.4 is 4.90 Å². The van der Waals surface area contributed by atoms with Crippen LogP contribution in [0.5, 0.6) is 0 Å². The number of fused-ring (bicyclic) bond motifs is 1. The van der Waals surface area contributed by atoms with Crippen LogP contribution in [0.25, 0.3) is 22.5 Å². The number of aromatic nitrogens is 4. The van der Waals surface area contributed by atoms with Crippen LogP contribution in [0.2, 0.25) is 0 Å². The number of piperazine rings is 1. The summed E-state index contributed by atoms with van der Waals surface area (Å²) < 4.78 is 36.8.